The van der Waals surface area contributed by atoms with Crippen LogP contribution in [0.4, 0.5) is 0 Å². The number of carbonyl (C=O) groups excluding carboxylic acids is 2. The van der Waals surface area contributed by atoms with E-state index in [9.17, 15) is 18.0 Å². The Hall–Kier alpha value is -1.69. The summed E-state index contributed by atoms with van der Waals surface area (Å²) in [6.45, 7) is 1.26. The van der Waals surface area contributed by atoms with Crippen LogP contribution in [-0.4, -0.2) is 20.1 Å². The highest BCUT2D eigenvalue weighted by atomic mass is 32.2. The molecule has 1 aromatic carbocycles. The molecular weight excluding hydrogens is 218 g/mol. The fraction of sp³-hybridized carbons (Fsp3) is 0.111. The molecule has 1 aliphatic heterocycles. The van der Waals surface area contributed by atoms with Gasteiger partial charge in [0.25, 0.3) is 15.9 Å². The van der Waals surface area contributed by atoms with E-state index in [0.29, 0.717) is 0 Å². The second kappa shape index (κ2) is 2.90. The van der Waals surface area contributed by atoms with E-state index in [1.807, 2.05) is 4.72 Å². The first kappa shape index (κ1) is 9.85. The van der Waals surface area contributed by atoms with Crippen molar-refractivity contribution in [3.05, 3.63) is 29.3 Å². The first-order valence-corrected chi connectivity index (χ1v) is 5.63. The zero-order chi connectivity index (χ0) is 11.2. The van der Waals surface area contributed by atoms with Crippen molar-refractivity contribution >= 4 is 21.7 Å². The highest BCUT2D eigenvalue weighted by Gasteiger charge is 2.35. The molecule has 6 heteroatoms. The molecule has 0 saturated carbocycles. The maximum absolute atomic E-state index is 11.5. The zero-order valence-electron chi connectivity index (χ0n) is 7.77. The maximum atomic E-state index is 11.5. The zero-order valence-corrected chi connectivity index (χ0v) is 8.59. The first-order chi connectivity index (χ1) is 6.93. The van der Waals surface area contributed by atoms with E-state index in [0.717, 1.165) is 0 Å². The van der Waals surface area contributed by atoms with Crippen LogP contribution in [0.15, 0.2) is 23.1 Å². The lowest BCUT2D eigenvalue weighted by Crippen LogP contribution is -2.21. The Balaban J connectivity index is 2.87. The Bertz CT molecular complexity index is 574. The minimum absolute atomic E-state index is 0.0303. The third kappa shape index (κ3) is 1.33. The third-order valence-corrected chi connectivity index (χ3v) is 3.57. The van der Waals surface area contributed by atoms with E-state index in [4.69, 9.17) is 0 Å². The minimum atomic E-state index is -3.85. The lowest BCUT2D eigenvalue weighted by atomic mass is 10.1. The Kier molecular flexibility index (Phi) is 1.90. The van der Waals surface area contributed by atoms with Crippen molar-refractivity contribution in [2.24, 2.45) is 0 Å². The maximum Gasteiger partial charge on any atom is 0.266 e. The van der Waals surface area contributed by atoms with E-state index in [1.165, 1.54) is 25.1 Å². The lowest BCUT2D eigenvalue weighted by Gasteiger charge is -2.01. The van der Waals surface area contributed by atoms with Crippen molar-refractivity contribution in [3.8, 4) is 0 Å². The van der Waals surface area contributed by atoms with Crippen molar-refractivity contribution in [1.29, 1.82) is 0 Å². The van der Waals surface area contributed by atoms with Crippen molar-refractivity contribution < 1.29 is 18.0 Å². The summed E-state index contributed by atoms with van der Waals surface area (Å²) in [5.74, 6) is -1.07. The average molecular weight is 225 g/mol. The summed E-state index contributed by atoms with van der Waals surface area (Å²) < 4.78 is 24.8. The quantitative estimate of drug-likeness (QED) is 0.698. The molecule has 0 radical (unpaired) electrons. The summed E-state index contributed by atoms with van der Waals surface area (Å²) in [7, 11) is -3.85. The number of carbonyl (C=O) groups is 2. The molecule has 1 aliphatic rings. The van der Waals surface area contributed by atoms with E-state index >= 15 is 0 Å². The summed E-state index contributed by atoms with van der Waals surface area (Å²) in [4.78, 5) is 22.2. The Morgan fingerprint density at radius 2 is 2.00 bits per heavy atom. The van der Waals surface area contributed by atoms with Gasteiger partial charge in [-0.05, 0) is 19.1 Å². The molecule has 1 heterocycles. The molecule has 1 amide bonds. The van der Waals surface area contributed by atoms with Crippen molar-refractivity contribution in [3.63, 3.8) is 0 Å². The fourth-order valence-corrected chi connectivity index (χ4v) is 2.92. The van der Waals surface area contributed by atoms with Crippen LogP contribution in [0.5, 0.6) is 0 Å². The molecule has 78 valence electrons. The van der Waals surface area contributed by atoms with Gasteiger partial charge in [-0.15, -0.1) is 0 Å². The van der Waals surface area contributed by atoms with Gasteiger partial charge in [-0.2, -0.15) is 0 Å². The predicted octanol–water partition coefficient (Wildman–Crippen LogP) is 0.321. The summed E-state index contributed by atoms with van der Waals surface area (Å²) in [6, 6.07) is 4.25. The number of nitrogens with one attached hydrogen (secondary N) is 1. The summed E-state index contributed by atoms with van der Waals surface area (Å²) in [5.41, 5.74) is 0.0774. The van der Waals surface area contributed by atoms with Crippen LogP contribution in [0.3, 0.4) is 0 Å². The predicted molar refractivity (Wildman–Crippen MR) is 51.1 cm³/mol. The average Bonchev–Trinajstić information content (AvgIpc) is 2.37. The molecule has 2 rings (SSSR count). The van der Waals surface area contributed by atoms with Crippen LogP contribution < -0.4 is 4.72 Å². The monoisotopic (exact) mass is 225 g/mol. The van der Waals surface area contributed by atoms with Gasteiger partial charge < -0.3 is 0 Å². The Labute approximate surface area is 86.2 Å². The number of hydrogen-bond acceptors (Lipinski definition) is 4. The number of ketones is 1. The lowest BCUT2D eigenvalue weighted by molar-refractivity contribution is 0.0985. The number of sulfonamides is 1. The minimum Gasteiger partial charge on any atom is -0.294 e. The SMILES string of the molecule is CC(=O)c1cccc2c1S(=O)(=O)NC2=O. The molecule has 0 aliphatic carbocycles. The standard InChI is InChI=1S/C9H7NO4S/c1-5(11)6-3-2-4-7-8(6)15(13,14)10-9(7)12/h2-4H,1H3,(H,10,12). The number of hydrogen-bond donors (Lipinski definition) is 1. The van der Waals surface area contributed by atoms with Crippen molar-refractivity contribution in [1.82, 2.24) is 4.72 Å². The molecule has 0 spiro atoms. The molecule has 0 atom stereocenters. The van der Waals surface area contributed by atoms with Crippen LogP contribution in [0.25, 0.3) is 0 Å². The highest BCUT2D eigenvalue weighted by Crippen LogP contribution is 2.26. The van der Waals surface area contributed by atoms with E-state index in [2.05, 4.69) is 0 Å². The van der Waals surface area contributed by atoms with Gasteiger partial charge in [-0.1, -0.05) is 6.07 Å². The molecule has 0 fully saturated rings. The fourth-order valence-electron chi connectivity index (χ4n) is 1.51. The van der Waals surface area contributed by atoms with Gasteiger partial charge in [0, 0.05) is 5.56 Å². The smallest absolute Gasteiger partial charge is 0.266 e. The number of Topliss-reactive ketones (excluding diaryl/α,β-unsaturated/α-hetero) is 1. The second-order valence-corrected chi connectivity index (χ2v) is 4.79. The van der Waals surface area contributed by atoms with Crippen LogP contribution in [0, 0.1) is 0 Å². The molecule has 1 aromatic rings. The molecule has 15 heavy (non-hydrogen) atoms. The topological polar surface area (TPSA) is 80.3 Å². The molecule has 0 unspecified atom stereocenters. The van der Waals surface area contributed by atoms with Gasteiger partial charge in [0.1, 0.15) is 4.90 Å². The number of benzene rings is 1. The molecule has 0 aromatic heterocycles. The van der Waals surface area contributed by atoms with Crippen LogP contribution in [0.1, 0.15) is 27.6 Å². The number of rotatable bonds is 1. The number of fused-ring (bicyclic) bond motifs is 1. The Morgan fingerprint density at radius 1 is 1.33 bits per heavy atom. The van der Waals surface area contributed by atoms with Crippen LogP contribution >= 0.6 is 0 Å². The van der Waals surface area contributed by atoms with Crippen molar-refractivity contribution in [2.45, 2.75) is 11.8 Å². The first-order valence-electron chi connectivity index (χ1n) is 4.14. The van der Waals surface area contributed by atoms with Crippen LogP contribution in [0.2, 0.25) is 0 Å². The van der Waals surface area contributed by atoms with E-state index in [-0.39, 0.29) is 21.8 Å². The van der Waals surface area contributed by atoms with E-state index < -0.39 is 15.9 Å². The van der Waals surface area contributed by atoms with Crippen molar-refractivity contribution in [2.75, 3.05) is 0 Å². The van der Waals surface area contributed by atoms with Crippen LogP contribution in [-0.2, 0) is 10.0 Å². The number of amides is 1. The largest absolute Gasteiger partial charge is 0.294 e. The molecule has 0 bridgehead atoms. The molecule has 1 N–H and O–H groups in total. The molecule has 0 saturated heterocycles. The molecular formula is C9H7NO4S. The van der Waals surface area contributed by atoms with Gasteiger partial charge >= 0.3 is 0 Å². The third-order valence-electron chi connectivity index (χ3n) is 2.13. The van der Waals surface area contributed by atoms with Gasteiger partial charge in [-0.3, -0.25) is 9.59 Å². The summed E-state index contributed by atoms with van der Waals surface area (Å²) in [5, 5.41) is 0. The van der Waals surface area contributed by atoms with Gasteiger partial charge in [-0.25, -0.2) is 13.1 Å². The molecule has 5 nitrogen and oxygen atoms in total. The van der Waals surface area contributed by atoms with Gasteiger partial charge in [0.2, 0.25) is 0 Å². The van der Waals surface area contributed by atoms with E-state index in [1.54, 1.807) is 0 Å². The van der Waals surface area contributed by atoms with Gasteiger partial charge in [0.15, 0.2) is 5.78 Å². The normalized spacial score (nSPS) is 17.0. The summed E-state index contributed by atoms with van der Waals surface area (Å²) in [6.07, 6.45) is 0. The summed E-state index contributed by atoms with van der Waals surface area (Å²) >= 11 is 0. The second-order valence-electron chi connectivity index (χ2n) is 3.17. The highest BCUT2D eigenvalue weighted by molar-refractivity contribution is 7.90. The Morgan fingerprint density at radius 3 is 2.60 bits per heavy atom. The van der Waals surface area contributed by atoms with Gasteiger partial charge in [0.05, 0.1) is 5.56 Å².